The molecule has 8 nitrogen and oxygen atoms in total. The number of rotatable bonds is 4. The van der Waals surface area contributed by atoms with E-state index in [4.69, 9.17) is 14.2 Å². The summed E-state index contributed by atoms with van der Waals surface area (Å²) in [5, 5.41) is 3.14. The van der Waals surface area contributed by atoms with Crippen LogP contribution in [0.2, 0.25) is 0 Å². The first kappa shape index (κ1) is 24.8. The Morgan fingerprint density at radius 3 is 2.64 bits per heavy atom. The fourth-order valence-electron chi connectivity index (χ4n) is 7.12. The van der Waals surface area contributed by atoms with Crippen LogP contribution in [-0.4, -0.2) is 60.1 Å². The van der Waals surface area contributed by atoms with Gasteiger partial charge in [0.15, 0.2) is 11.5 Å². The van der Waals surface area contributed by atoms with Crippen molar-refractivity contribution in [2.24, 2.45) is 5.92 Å². The van der Waals surface area contributed by atoms with E-state index < -0.39 is 17.5 Å². The van der Waals surface area contributed by atoms with Gasteiger partial charge in [0, 0.05) is 36.9 Å². The lowest BCUT2D eigenvalue weighted by molar-refractivity contribution is -0.148. The van der Waals surface area contributed by atoms with Crippen LogP contribution in [0.25, 0.3) is 6.08 Å². The molecule has 8 heteroatoms. The predicted molar refractivity (Wildman–Crippen MR) is 134 cm³/mol. The van der Waals surface area contributed by atoms with Gasteiger partial charge < -0.3 is 24.4 Å². The highest BCUT2D eigenvalue weighted by atomic mass is 16.6. The van der Waals surface area contributed by atoms with Crippen LogP contribution in [0.5, 0.6) is 11.5 Å². The molecule has 5 rings (SSSR count). The van der Waals surface area contributed by atoms with Crippen LogP contribution < -0.4 is 14.8 Å². The summed E-state index contributed by atoms with van der Waals surface area (Å²) in [6.45, 7) is 9.33. The molecule has 36 heavy (non-hydrogen) atoms. The Labute approximate surface area is 212 Å². The van der Waals surface area contributed by atoms with Crippen LogP contribution in [0.4, 0.5) is 0 Å². The molecular formula is C28H36N2O6. The van der Waals surface area contributed by atoms with Crippen molar-refractivity contribution in [2.45, 2.75) is 89.5 Å². The molecule has 2 aliphatic heterocycles. The average molecular weight is 497 g/mol. The molecular weight excluding hydrogens is 460 g/mol. The third-order valence-electron chi connectivity index (χ3n) is 8.19. The first-order valence-corrected chi connectivity index (χ1v) is 12.8. The molecule has 1 N–H and O–H groups in total. The highest BCUT2D eigenvalue weighted by molar-refractivity contribution is 5.88. The summed E-state index contributed by atoms with van der Waals surface area (Å²) in [4.78, 5) is 39.1. The van der Waals surface area contributed by atoms with E-state index in [-0.39, 0.29) is 23.5 Å². The number of hydrogen-bond donors (Lipinski definition) is 1. The molecule has 1 saturated carbocycles. The van der Waals surface area contributed by atoms with Gasteiger partial charge in [0.25, 0.3) is 0 Å². The topological polar surface area (TPSA) is 94.2 Å². The number of amides is 1. The van der Waals surface area contributed by atoms with Crippen LogP contribution >= 0.6 is 0 Å². The van der Waals surface area contributed by atoms with Crippen molar-refractivity contribution in [3.8, 4) is 11.5 Å². The van der Waals surface area contributed by atoms with Gasteiger partial charge in [-0.05, 0) is 89.2 Å². The lowest BCUT2D eigenvalue weighted by Gasteiger charge is -2.59. The van der Waals surface area contributed by atoms with Gasteiger partial charge in [-0.25, -0.2) is 4.79 Å². The number of likely N-dealkylation sites (N-methyl/N-ethyl adjacent to an activating group) is 1. The van der Waals surface area contributed by atoms with E-state index in [1.165, 1.54) is 13.0 Å². The van der Waals surface area contributed by atoms with E-state index in [0.29, 0.717) is 23.5 Å². The van der Waals surface area contributed by atoms with E-state index in [2.05, 4.69) is 17.3 Å². The van der Waals surface area contributed by atoms with Crippen molar-refractivity contribution in [3.05, 3.63) is 28.8 Å². The summed E-state index contributed by atoms with van der Waals surface area (Å²) in [5.74, 6) is 0.421. The number of carbonyl (C=O) groups excluding carboxylic acids is 3. The highest BCUT2D eigenvalue weighted by Crippen LogP contribution is 2.64. The fourth-order valence-corrected chi connectivity index (χ4v) is 7.12. The highest BCUT2D eigenvalue weighted by Gasteiger charge is 2.66. The second-order valence-electron chi connectivity index (χ2n) is 11.7. The quantitative estimate of drug-likeness (QED) is 0.389. The number of nitrogens with one attached hydrogen (secondary N) is 1. The number of carbonyl (C=O) groups is 3. The van der Waals surface area contributed by atoms with E-state index >= 15 is 0 Å². The zero-order valence-corrected chi connectivity index (χ0v) is 22.0. The minimum Gasteiger partial charge on any atom is -0.483 e. The lowest BCUT2D eigenvalue weighted by Crippen LogP contribution is -2.68. The maximum atomic E-state index is 12.5. The largest absolute Gasteiger partial charge is 0.483 e. The molecule has 1 amide bonds. The lowest BCUT2D eigenvalue weighted by atomic mass is 9.50. The van der Waals surface area contributed by atoms with E-state index in [1.54, 1.807) is 19.1 Å². The standard InChI is InChI=1S/C28H36N2O6/c1-15(31)29-20-9-8-19-21-14-18-17(7-10-23(33)36-27(3,4)5)13-22(34-16(2)32)25-24(18)28(19,26(20)35-25)11-12-30(21)6/h7,10,13,19-21,26H,8-9,11-12,14H2,1-6H3,(H,29,31)/b10-7+/t19?,20-,21+,26-,28-/m0/s1. The van der Waals surface area contributed by atoms with Crippen LogP contribution in [0, 0.1) is 5.92 Å². The van der Waals surface area contributed by atoms with Crippen molar-refractivity contribution in [2.75, 3.05) is 13.6 Å². The normalized spacial score (nSPS) is 30.4. The average Bonchev–Trinajstić information content (AvgIpc) is 3.10. The van der Waals surface area contributed by atoms with Gasteiger partial charge in [-0.1, -0.05) is 0 Å². The predicted octanol–water partition coefficient (Wildman–Crippen LogP) is 3.14. The number of benzene rings is 1. The number of likely N-dealkylation sites (tertiary alicyclic amines) is 1. The molecule has 1 aromatic rings. The number of ether oxygens (including phenoxy) is 3. The fraction of sp³-hybridized carbons (Fsp3) is 0.607. The van der Waals surface area contributed by atoms with Gasteiger partial charge >= 0.3 is 11.9 Å². The molecule has 1 spiro atoms. The maximum Gasteiger partial charge on any atom is 0.331 e. The minimum atomic E-state index is -0.593. The molecule has 2 bridgehead atoms. The Morgan fingerprint density at radius 2 is 1.97 bits per heavy atom. The molecule has 4 aliphatic rings. The van der Waals surface area contributed by atoms with Crippen LogP contribution in [0.15, 0.2) is 12.1 Å². The summed E-state index contributed by atoms with van der Waals surface area (Å²) in [7, 11) is 2.18. The van der Waals surface area contributed by atoms with Crippen LogP contribution in [0.3, 0.4) is 0 Å². The van der Waals surface area contributed by atoms with E-state index in [9.17, 15) is 14.4 Å². The Bertz CT molecular complexity index is 1150. The van der Waals surface area contributed by atoms with Crippen molar-refractivity contribution in [3.63, 3.8) is 0 Å². The van der Waals surface area contributed by atoms with Crippen molar-refractivity contribution >= 4 is 23.9 Å². The van der Waals surface area contributed by atoms with Gasteiger partial charge in [-0.3, -0.25) is 9.59 Å². The van der Waals surface area contributed by atoms with Crippen molar-refractivity contribution in [1.82, 2.24) is 10.2 Å². The van der Waals surface area contributed by atoms with Crippen LogP contribution in [-0.2, 0) is 31.0 Å². The third kappa shape index (κ3) is 3.99. The van der Waals surface area contributed by atoms with Crippen LogP contribution in [0.1, 0.15) is 70.6 Å². The smallest absolute Gasteiger partial charge is 0.331 e. The summed E-state index contributed by atoms with van der Waals surface area (Å²) in [6, 6.07) is 2.01. The summed E-state index contributed by atoms with van der Waals surface area (Å²) < 4.78 is 17.8. The summed E-state index contributed by atoms with van der Waals surface area (Å²) >= 11 is 0. The van der Waals surface area contributed by atoms with Gasteiger partial charge in [0.2, 0.25) is 5.91 Å². The Morgan fingerprint density at radius 1 is 1.22 bits per heavy atom. The molecule has 2 fully saturated rings. The summed E-state index contributed by atoms with van der Waals surface area (Å²) in [6.07, 6.45) is 6.52. The molecule has 0 aromatic heterocycles. The number of nitrogens with zero attached hydrogens (tertiary/aromatic N) is 1. The Kier molecular flexibility index (Phi) is 5.93. The first-order chi connectivity index (χ1) is 16.9. The molecule has 194 valence electrons. The van der Waals surface area contributed by atoms with Gasteiger partial charge in [0.1, 0.15) is 11.7 Å². The number of hydrogen-bond acceptors (Lipinski definition) is 7. The first-order valence-electron chi connectivity index (χ1n) is 12.8. The monoisotopic (exact) mass is 496 g/mol. The van der Waals surface area contributed by atoms with Gasteiger partial charge in [-0.2, -0.15) is 0 Å². The molecule has 1 aromatic carbocycles. The molecule has 0 radical (unpaired) electrons. The molecule has 5 atom stereocenters. The Balaban J connectivity index is 1.67. The Hall–Kier alpha value is -2.87. The van der Waals surface area contributed by atoms with Gasteiger partial charge in [0.05, 0.1) is 6.04 Å². The second kappa shape index (κ2) is 8.61. The SMILES string of the molecule is CC(=O)N[C@H]1CCC2[C@H]3Cc4c(/C=C/C(=O)OC(C)(C)C)cc(OC(C)=O)c5c4[C@@]2(CCN3C)[C@H]1O5. The molecule has 1 unspecified atom stereocenters. The second-order valence-corrected chi connectivity index (χ2v) is 11.7. The molecule has 1 saturated heterocycles. The molecule has 2 aliphatic carbocycles. The van der Waals surface area contributed by atoms with Crippen molar-refractivity contribution in [1.29, 1.82) is 0 Å². The van der Waals surface area contributed by atoms with Crippen molar-refractivity contribution < 1.29 is 28.6 Å². The zero-order chi connectivity index (χ0) is 26.0. The molecule has 2 heterocycles. The van der Waals surface area contributed by atoms with E-state index in [1.807, 2.05) is 20.8 Å². The van der Waals surface area contributed by atoms with E-state index in [0.717, 1.165) is 48.9 Å². The number of piperidine rings is 1. The third-order valence-corrected chi connectivity index (χ3v) is 8.19. The van der Waals surface area contributed by atoms with Gasteiger partial charge in [-0.15, -0.1) is 0 Å². The maximum absolute atomic E-state index is 12.5. The summed E-state index contributed by atoms with van der Waals surface area (Å²) in [5.41, 5.74) is 2.18. The number of esters is 2. The zero-order valence-electron chi connectivity index (χ0n) is 22.0. The minimum absolute atomic E-state index is 0.0730.